The lowest BCUT2D eigenvalue weighted by molar-refractivity contribution is 0.319. The molecule has 0 aromatic heterocycles. The van der Waals surface area contributed by atoms with E-state index in [1.807, 2.05) is 18.2 Å². The minimum absolute atomic E-state index is 0.0873. The number of isothiocyanates is 1. The van der Waals surface area contributed by atoms with E-state index in [1.54, 1.807) is 0 Å². The Balaban J connectivity index is 2.75. The van der Waals surface area contributed by atoms with E-state index in [1.165, 1.54) is 5.56 Å². The summed E-state index contributed by atoms with van der Waals surface area (Å²) in [6.07, 6.45) is 0. The summed E-state index contributed by atoms with van der Waals surface area (Å²) in [5.74, 6) is 0.926. The largest absolute Gasteiger partial charge is 0.491 e. The van der Waals surface area contributed by atoms with E-state index in [4.69, 9.17) is 4.74 Å². The number of benzene rings is 1. The molecule has 1 aromatic carbocycles. The highest BCUT2D eigenvalue weighted by molar-refractivity contribution is 7.78. The van der Waals surface area contributed by atoms with Gasteiger partial charge in [-0.15, -0.1) is 0 Å². The van der Waals surface area contributed by atoms with E-state index in [-0.39, 0.29) is 5.41 Å². The van der Waals surface area contributed by atoms with E-state index in [0.29, 0.717) is 13.2 Å². The van der Waals surface area contributed by atoms with E-state index >= 15 is 0 Å². The second-order valence-corrected chi connectivity index (χ2v) is 4.75. The van der Waals surface area contributed by atoms with Gasteiger partial charge in [-0.1, -0.05) is 39.0 Å². The fraction of sp³-hybridized carbons (Fsp3) is 0.462. The molecular formula is C13H17NOS. The van der Waals surface area contributed by atoms with Gasteiger partial charge in [0, 0.05) is 0 Å². The van der Waals surface area contributed by atoms with Crippen molar-refractivity contribution in [1.29, 1.82) is 0 Å². The van der Waals surface area contributed by atoms with Crippen molar-refractivity contribution >= 4 is 17.4 Å². The Labute approximate surface area is 102 Å². The van der Waals surface area contributed by atoms with Crippen molar-refractivity contribution in [2.24, 2.45) is 4.99 Å². The summed E-state index contributed by atoms with van der Waals surface area (Å²) in [5.41, 5.74) is 1.30. The third kappa shape index (κ3) is 3.76. The molecule has 1 aromatic rings. The average Bonchev–Trinajstić information content (AvgIpc) is 2.24. The van der Waals surface area contributed by atoms with Crippen molar-refractivity contribution in [1.82, 2.24) is 0 Å². The molecule has 86 valence electrons. The fourth-order valence-electron chi connectivity index (χ4n) is 1.46. The Morgan fingerprint density at radius 2 is 2.00 bits per heavy atom. The Morgan fingerprint density at radius 3 is 2.62 bits per heavy atom. The number of hydrogen-bond acceptors (Lipinski definition) is 3. The van der Waals surface area contributed by atoms with Crippen LogP contribution < -0.4 is 4.74 Å². The first-order valence-electron chi connectivity index (χ1n) is 5.31. The second-order valence-electron chi connectivity index (χ2n) is 4.57. The molecule has 0 spiro atoms. The van der Waals surface area contributed by atoms with Crippen LogP contribution in [0.3, 0.4) is 0 Å². The molecule has 2 nitrogen and oxygen atoms in total. The van der Waals surface area contributed by atoms with Gasteiger partial charge in [-0.2, -0.15) is 0 Å². The van der Waals surface area contributed by atoms with Gasteiger partial charge < -0.3 is 4.74 Å². The minimum atomic E-state index is 0.0873. The molecule has 0 atom stereocenters. The lowest BCUT2D eigenvalue weighted by Crippen LogP contribution is -2.14. The van der Waals surface area contributed by atoms with Crippen molar-refractivity contribution in [2.75, 3.05) is 13.2 Å². The minimum Gasteiger partial charge on any atom is -0.491 e. The Morgan fingerprint density at radius 1 is 1.31 bits per heavy atom. The van der Waals surface area contributed by atoms with Gasteiger partial charge in [-0.25, -0.2) is 4.99 Å². The van der Waals surface area contributed by atoms with Crippen LogP contribution in [0.25, 0.3) is 0 Å². The summed E-state index contributed by atoms with van der Waals surface area (Å²) in [4.78, 5) is 3.82. The molecule has 3 heteroatoms. The van der Waals surface area contributed by atoms with Crippen LogP contribution in [-0.4, -0.2) is 18.3 Å². The smallest absolute Gasteiger partial charge is 0.123 e. The van der Waals surface area contributed by atoms with Crippen LogP contribution in [0.1, 0.15) is 26.3 Å². The third-order valence-electron chi connectivity index (χ3n) is 2.22. The molecule has 0 fully saturated rings. The highest BCUT2D eigenvalue weighted by atomic mass is 32.1. The number of para-hydroxylation sites is 1. The van der Waals surface area contributed by atoms with Gasteiger partial charge in [-0.3, -0.25) is 0 Å². The lowest BCUT2D eigenvalue weighted by atomic mass is 9.86. The highest BCUT2D eigenvalue weighted by Crippen LogP contribution is 2.30. The molecule has 0 aliphatic carbocycles. The van der Waals surface area contributed by atoms with Crippen molar-refractivity contribution in [2.45, 2.75) is 26.2 Å². The molecule has 1 rings (SSSR count). The monoisotopic (exact) mass is 235 g/mol. The molecular weight excluding hydrogens is 218 g/mol. The molecule has 0 heterocycles. The zero-order valence-corrected chi connectivity index (χ0v) is 10.8. The Bertz CT molecular complexity index is 389. The molecule has 0 amide bonds. The lowest BCUT2D eigenvalue weighted by Gasteiger charge is -2.22. The first-order chi connectivity index (χ1) is 7.55. The zero-order chi connectivity index (χ0) is 12.0. The van der Waals surface area contributed by atoms with Gasteiger partial charge in [0.25, 0.3) is 0 Å². The van der Waals surface area contributed by atoms with Gasteiger partial charge in [0.2, 0.25) is 0 Å². The molecule has 0 bridgehead atoms. The maximum Gasteiger partial charge on any atom is 0.123 e. The maximum absolute atomic E-state index is 5.69. The Hall–Kier alpha value is -1.18. The van der Waals surface area contributed by atoms with Gasteiger partial charge in [0.05, 0.1) is 11.7 Å². The third-order valence-corrected chi connectivity index (χ3v) is 2.35. The van der Waals surface area contributed by atoms with Gasteiger partial charge in [-0.05, 0) is 29.3 Å². The van der Waals surface area contributed by atoms with Crippen LogP contribution in [0.5, 0.6) is 5.75 Å². The van der Waals surface area contributed by atoms with Crippen LogP contribution in [0.15, 0.2) is 29.3 Å². The van der Waals surface area contributed by atoms with E-state index < -0.39 is 0 Å². The fourth-order valence-corrected chi connectivity index (χ4v) is 1.55. The number of rotatable bonds is 4. The molecule has 16 heavy (non-hydrogen) atoms. The highest BCUT2D eigenvalue weighted by Gasteiger charge is 2.17. The van der Waals surface area contributed by atoms with Crippen LogP contribution in [-0.2, 0) is 5.41 Å². The summed E-state index contributed by atoms with van der Waals surface area (Å²) >= 11 is 4.49. The first kappa shape index (κ1) is 12.9. The van der Waals surface area contributed by atoms with E-state index in [0.717, 1.165) is 5.75 Å². The van der Waals surface area contributed by atoms with Crippen molar-refractivity contribution < 1.29 is 4.74 Å². The summed E-state index contributed by atoms with van der Waals surface area (Å²) in [7, 11) is 0. The van der Waals surface area contributed by atoms with E-state index in [9.17, 15) is 0 Å². The predicted molar refractivity (Wildman–Crippen MR) is 70.5 cm³/mol. The van der Waals surface area contributed by atoms with Crippen molar-refractivity contribution in [3.8, 4) is 5.75 Å². The van der Waals surface area contributed by atoms with Crippen LogP contribution >= 0.6 is 12.2 Å². The van der Waals surface area contributed by atoms with E-state index in [2.05, 4.69) is 49.2 Å². The summed E-state index contributed by atoms with van der Waals surface area (Å²) in [6, 6.07) is 8.09. The van der Waals surface area contributed by atoms with Crippen LogP contribution in [0.4, 0.5) is 0 Å². The standard InChI is InChI=1S/C13H17NOS/c1-13(2,3)11-6-4-5-7-12(11)15-9-8-14-10-16/h4-7H,8-9H2,1-3H3. The number of aliphatic imine (C=N–C) groups is 1. The number of hydrogen-bond donors (Lipinski definition) is 0. The summed E-state index contributed by atoms with van der Waals surface area (Å²) < 4.78 is 5.69. The Kier molecular flexibility index (Phi) is 4.66. The maximum atomic E-state index is 5.69. The topological polar surface area (TPSA) is 21.6 Å². The second kappa shape index (κ2) is 5.78. The predicted octanol–water partition coefficient (Wildman–Crippen LogP) is 3.47. The van der Waals surface area contributed by atoms with Gasteiger partial charge in [0.1, 0.15) is 12.4 Å². The van der Waals surface area contributed by atoms with Gasteiger partial charge >= 0.3 is 0 Å². The molecule has 0 unspecified atom stereocenters. The zero-order valence-electron chi connectivity index (χ0n) is 9.99. The molecule has 0 saturated carbocycles. The SMILES string of the molecule is CC(C)(C)c1ccccc1OCCN=C=S. The molecule has 0 aliphatic heterocycles. The van der Waals surface area contributed by atoms with Crippen molar-refractivity contribution in [3.63, 3.8) is 0 Å². The number of thiocarbonyl (C=S) groups is 1. The number of nitrogens with zero attached hydrogens (tertiary/aromatic N) is 1. The molecule has 0 aliphatic rings. The summed E-state index contributed by atoms with van der Waals surface area (Å²) in [5, 5.41) is 2.33. The number of ether oxygens (including phenoxy) is 1. The quantitative estimate of drug-likeness (QED) is 0.453. The van der Waals surface area contributed by atoms with Crippen LogP contribution in [0.2, 0.25) is 0 Å². The first-order valence-corrected chi connectivity index (χ1v) is 5.72. The van der Waals surface area contributed by atoms with Crippen molar-refractivity contribution in [3.05, 3.63) is 29.8 Å². The average molecular weight is 235 g/mol. The molecule has 0 N–H and O–H groups in total. The molecule has 0 saturated heterocycles. The normalized spacial score (nSPS) is 10.7. The van der Waals surface area contributed by atoms with Crippen LogP contribution in [0, 0.1) is 0 Å². The molecule has 0 radical (unpaired) electrons. The summed E-state index contributed by atoms with van der Waals surface area (Å²) in [6.45, 7) is 7.61. The van der Waals surface area contributed by atoms with Gasteiger partial charge in [0.15, 0.2) is 0 Å².